The molecule has 0 aliphatic carbocycles. The summed E-state index contributed by atoms with van der Waals surface area (Å²) in [6, 6.07) is 0. The third kappa shape index (κ3) is 3.02. The van der Waals surface area contributed by atoms with Gasteiger partial charge in [-0.3, -0.25) is 0 Å². The zero-order valence-electron chi connectivity index (χ0n) is 9.78. The van der Waals surface area contributed by atoms with Crippen LogP contribution in [0.5, 0.6) is 0 Å². The highest BCUT2D eigenvalue weighted by Crippen LogP contribution is 2.21. The molecule has 1 heterocycles. The van der Waals surface area contributed by atoms with Crippen molar-refractivity contribution in [2.45, 2.75) is 45.6 Å². The van der Waals surface area contributed by atoms with Gasteiger partial charge in [-0.1, -0.05) is 0 Å². The first-order chi connectivity index (χ1) is 6.90. The summed E-state index contributed by atoms with van der Waals surface area (Å²) in [5.41, 5.74) is -0.525. The van der Waals surface area contributed by atoms with Crippen LogP contribution in [0.25, 0.3) is 0 Å². The molecule has 1 aliphatic heterocycles. The molecule has 0 aromatic carbocycles. The first-order valence-corrected chi connectivity index (χ1v) is 5.46. The van der Waals surface area contributed by atoms with Crippen LogP contribution in [0.15, 0.2) is 0 Å². The van der Waals surface area contributed by atoms with E-state index in [1.54, 1.807) is 0 Å². The van der Waals surface area contributed by atoms with Crippen LogP contribution in [-0.4, -0.2) is 35.7 Å². The Kier molecular flexibility index (Phi) is 3.50. The Bertz CT molecular complexity index is 249. The van der Waals surface area contributed by atoms with E-state index in [1.165, 1.54) is 0 Å². The van der Waals surface area contributed by atoms with Crippen molar-refractivity contribution in [3.8, 4) is 0 Å². The molecule has 2 amide bonds. The van der Waals surface area contributed by atoms with E-state index in [4.69, 9.17) is 4.74 Å². The van der Waals surface area contributed by atoms with E-state index in [0.717, 1.165) is 25.7 Å². The fourth-order valence-corrected chi connectivity index (χ4v) is 1.76. The molecule has 15 heavy (non-hydrogen) atoms. The zero-order valence-corrected chi connectivity index (χ0v) is 9.78. The zero-order chi connectivity index (χ0) is 11.5. The lowest BCUT2D eigenvalue weighted by atomic mass is 10.1. The summed E-state index contributed by atoms with van der Waals surface area (Å²) in [6.45, 7) is 6.61. The summed E-state index contributed by atoms with van der Waals surface area (Å²) in [5, 5.41) is 0. The third-order valence-electron chi connectivity index (χ3n) is 2.57. The van der Waals surface area contributed by atoms with Gasteiger partial charge in [0.2, 0.25) is 0 Å². The molecule has 1 fully saturated rings. The molecule has 0 atom stereocenters. The van der Waals surface area contributed by atoms with Crippen LogP contribution in [0.1, 0.15) is 40.0 Å². The summed E-state index contributed by atoms with van der Waals surface area (Å²) in [5.74, 6) is 0. The fourth-order valence-electron chi connectivity index (χ4n) is 1.76. The molecule has 4 heteroatoms. The number of ether oxygens (including phenoxy) is 1. The highest BCUT2D eigenvalue weighted by molar-refractivity contribution is 5.69. The summed E-state index contributed by atoms with van der Waals surface area (Å²) in [6.07, 6.45) is 3.25. The minimum atomic E-state index is -0.525. The fraction of sp³-hybridized carbons (Fsp3) is 0.818. The first-order valence-electron chi connectivity index (χ1n) is 5.46. The Balaban J connectivity index is 2.73. The van der Waals surface area contributed by atoms with Crippen LogP contribution in [0.2, 0.25) is 0 Å². The number of imide groups is 1. The Morgan fingerprint density at radius 2 is 1.73 bits per heavy atom. The molecule has 0 unspecified atom stereocenters. The van der Waals surface area contributed by atoms with E-state index in [-0.39, 0.29) is 4.48 Å². The molecular formula is C11H20NO3+. The third-order valence-corrected chi connectivity index (χ3v) is 2.57. The lowest BCUT2D eigenvalue weighted by molar-refractivity contribution is -0.779. The molecule has 0 N–H and O–H groups in total. The quantitative estimate of drug-likeness (QED) is 0.496. The summed E-state index contributed by atoms with van der Waals surface area (Å²) in [7, 11) is 0. The van der Waals surface area contributed by atoms with E-state index in [9.17, 15) is 9.59 Å². The van der Waals surface area contributed by atoms with Gasteiger partial charge in [-0.15, -0.1) is 0 Å². The van der Waals surface area contributed by atoms with Gasteiger partial charge in [0.1, 0.15) is 5.60 Å². The van der Waals surface area contributed by atoms with Gasteiger partial charge >= 0.3 is 12.5 Å². The standard InChI is InChI=1S/C11H20NO3/c1-11(2,3)15-10(14)12(9-13)7-5-4-6-8-12/h9H,4-8H2,1-3H3/q+1. The molecule has 1 rings (SSSR count). The molecule has 1 saturated heterocycles. The summed E-state index contributed by atoms with van der Waals surface area (Å²) >= 11 is 0. The smallest absolute Gasteiger partial charge is 0.414 e. The predicted molar refractivity (Wildman–Crippen MR) is 56.1 cm³/mol. The SMILES string of the molecule is CC(C)(C)OC(=O)[N+]1(C=O)CCCCC1. The van der Waals surface area contributed by atoms with E-state index >= 15 is 0 Å². The van der Waals surface area contributed by atoms with Crippen LogP contribution < -0.4 is 0 Å². The molecule has 4 nitrogen and oxygen atoms in total. The minimum Gasteiger partial charge on any atom is -0.414 e. The first kappa shape index (κ1) is 12.2. The second-order valence-electron chi connectivity index (χ2n) is 5.13. The molecule has 86 valence electrons. The second kappa shape index (κ2) is 4.31. The Hall–Kier alpha value is -0.900. The maximum Gasteiger partial charge on any atom is 0.523 e. The number of rotatable bonds is 1. The van der Waals surface area contributed by atoms with Crippen molar-refractivity contribution in [2.24, 2.45) is 0 Å². The maximum atomic E-state index is 11.9. The van der Waals surface area contributed by atoms with Gasteiger partial charge in [-0.2, -0.15) is 9.28 Å². The molecule has 0 radical (unpaired) electrons. The topological polar surface area (TPSA) is 43.4 Å². The molecule has 0 aromatic rings. The maximum absolute atomic E-state index is 11.9. The molecule has 0 aromatic heterocycles. The number of amides is 2. The van der Waals surface area contributed by atoms with Crippen molar-refractivity contribution >= 4 is 12.5 Å². The predicted octanol–water partition coefficient (Wildman–Crippen LogP) is 2.08. The van der Waals surface area contributed by atoms with Crippen LogP contribution in [0.3, 0.4) is 0 Å². The van der Waals surface area contributed by atoms with Gasteiger partial charge < -0.3 is 4.74 Å². The Labute approximate surface area is 90.8 Å². The molecular weight excluding hydrogens is 194 g/mol. The van der Waals surface area contributed by atoms with Crippen LogP contribution >= 0.6 is 0 Å². The number of hydrogen-bond acceptors (Lipinski definition) is 3. The van der Waals surface area contributed by atoms with Gasteiger partial charge in [-0.05, 0) is 40.0 Å². The number of piperidine rings is 1. The van der Waals surface area contributed by atoms with E-state index < -0.39 is 11.7 Å². The van der Waals surface area contributed by atoms with Crippen molar-refractivity contribution in [3.05, 3.63) is 0 Å². The normalized spacial score (nSPS) is 20.7. The van der Waals surface area contributed by atoms with Crippen molar-refractivity contribution < 1.29 is 18.8 Å². The number of hydrogen-bond donors (Lipinski definition) is 0. The summed E-state index contributed by atoms with van der Waals surface area (Å²) in [4.78, 5) is 23.0. The number of carbonyl (C=O) groups is 2. The number of nitrogens with zero attached hydrogens (tertiary/aromatic N) is 1. The molecule has 0 saturated carbocycles. The summed E-state index contributed by atoms with van der Waals surface area (Å²) < 4.78 is 5.12. The number of likely N-dealkylation sites (tertiary alicyclic amines) is 1. The average molecular weight is 214 g/mol. The molecule has 0 spiro atoms. The lowest BCUT2D eigenvalue weighted by Crippen LogP contribution is -2.56. The monoisotopic (exact) mass is 214 g/mol. The van der Waals surface area contributed by atoms with E-state index in [2.05, 4.69) is 0 Å². The highest BCUT2D eigenvalue weighted by atomic mass is 16.6. The Morgan fingerprint density at radius 3 is 2.13 bits per heavy atom. The average Bonchev–Trinajstić information content (AvgIpc) is 2.16. The minimum absolute atomic E-state index is 0.155. The van der Waals surface area contributed by atoms with Crippen molar-refractivity contribution in [3.63, 3.8) is 0 Å². The van der Waals surface area contributed by atoms with Crippen molar-refractivity contribution in [1.82, 2.24) is 0 Å². The van der Waals surface area contributed by atoms with Gasteiger partial charge in [0.15, 0.2) is 0 Å². The largest absolute Gasteiger partial charge is 0.523 e. The van der Waals surface area contributed by atoms with Crippen molar-refractivity contribution in [2.75, 3.05) is 13.1 Å². The van der Waals surface area contributed by atoms with Gasteiger partial charge in [0.25, 0.3) is 0 Å². The molecule has 1 aliphatic rings. The van der Waals surface area contributed by atoms with Crippen LogP contribution in [0.4, 0.5) is 4.79 Å². The van der Waals surface area contributed by atoms with Gasteiger partial charge in [0.05, 0.1) is 13.1 Å². The van der Waals surface area contributed by atoms with Gasteiger partial charge in [-0.25, -0.2) is 4.79 Å². The van der Waals surface area contributed by atoms with E-state index in [0.29, 0.717) is 13.1 Å². The van der Waals surface area contributed by atoms with Crippen LogP contribution in [-0.2, 0) is 9.53 Å². The van der Waals surface area contributed by atoms with E-state index in [1.807, 2.05) is 20.8 Å². The number of quaternary nitrogens is 1. The Morgan fingerprint density at radius 1 is 1.20 bits per heavy atom. The second-order valence-corrected chi connectivity index (χ2v) is 5.13. The molecule has 0 bridgehead atoms. The van der Waals surface area contributed by atoms with Gasteiger partial charge in [0, 0.05) is 0 Å². The van der Waals surface area contributed by atoms with Crippen molar-refractivity contribution in [1.29, 1.82) is 0 Å². The highest BCUT2D eigenvalue weighted by Gasteiger charge is 2.42. The number of carbonyl (C=O) groups excluding carboxylic acids is 2. The lowest BCUT2D eigenvalue weighted by Gasteiger charge is -2.33. The van der Waals surface area contributed by atoms with Crippen LogP contribution in [0, 0.1) is 0 Å².